The molecule has 0 atom stereocenters. The first kappa shape index (κ1) is 10.1. The third kappa shape index (κ3) is 1.57. The Balaban J connectivity index is 2.54. The fourth-order valence-corrected chi connectivity index (χ4v) is 1.26. The summed E-state index contributed by atoms with van der Waals surface area (Å²) >= 11 is 0. The van der Waals surface area contributed by atoms with E-state index >= 15 is 0 Å². The van der Waals surface area contributed by atoms with Crippen molar-refractivity contribution >= 4 is 11.5 Å². The van der Waals surface area contributed by atoms with Crippen LogP contribution in [0, 0.1) is 10.1 Å². The Morgan fingerprint density at radius 1 is 1.50 bits per heavy atom. The van der Waals surface area contributed by atoms with Crippen molar-refractivity contribution in [3.63, 3.8) is 0 Å². The molecule has 8 nitrogen and oxygen atoms in total. The zero-order valence-corrected chi connectivity index (χ0v) is 8.07. The van der Waals surface area contributed by atoms with Crippen LogP contribution in [0.4, 0.5) is 11.5 Å². The maximum atomic E-state index is 10.7. The molecule has 0 bridgehead atoms. The number of rotatable bonds is 3. The molecule has 0 aromatic carbocycles. The number of hydrogen-bond acceptors (Lipinski definition) is 6. The van der Waals surface area contributed by atoms with Crippen LogP contribution >= 0.6 is 0 Å². The molecule has 0 saturated heterocycles. The van der Waals surface area contributed by atoms with Crippen LogP contribution in [0.3, 0.4) is 0 Å². The van der Waals surface area contributed by atoms with Crippen molar-refractivity contribution in [2.75, 3.05) is 5.43 Å². The van der Waals surface area contributed by atoms with Crippen LogP contribution < -0.4 is 11.3 Å². The van der Waals surface area contributed by atoms with Gasteiger partial charge in [0.2, 0.25) is 5.82 Å². The van der Waals surface area contributed by atoms with Gasteiger partial charge in [-0.15, -0.1) is 0 Å². The summed E-state index contributed by atoms with van der Waals surface area (Å²) in [7, 11) is 0. The summed E-state index contributed by atoms with van der Waals surface area (Å²) in [4.78, 5) is 14.1. The molecule has 0 amide bonds. The lowest BCUT2D eigenvalue weighted by Crippen LogP contribution is -2.13. The fourth-order valence-electron chi connectivity index (χ4n) is 1.26. The Morgan fingerprint density at radius 3 is 2.88 bits per heavy atom. The normalized spacial score (nSPS) is 10.1. The number of anilines is 1. The third-order valence-electron chi connectivity index (χ3n) is 1.95. The van der Waals surface area contributed by atoms with Gasteiger partial charge in [-0.3, -0.25) is 10.1 Å². The van der Waals surface area contributed by atoms with E-state index in [2.05, 4.69) is 15.5 Å². The highest BCUT2D eigenvalue weighted by Crippen LogP contribution is 2.24. The average Bonchev–Trinajstić information content (AvgIpc) is 2.73. The van der Waals surface area contributed by atoms with Gasteiger partial charge in [-0.25, -0.2) is 10.8 Å². The minimum absolute atomic E-state index is 0.0868. The van der Waals surface area contributed by atoms with E-state index < -0.39 is 4.92 Å². The molecule has 3 N–H and O–H groups in total. The van der Waals surface area contributed by atoms with Crippen LogP contribution in [0.15, 0.2) is 30.6 Å². The van der Waals surface area contributed by atoms with E-state index in [9.17, 15) is 10.1 Å². The van der Waals surface area contributed by atoms with Gasteiger partial charge in [0.25, 0.3) is 0 Å². The van der Waals surface area contributed by atoms with Crippen LogP contribution in [0.1, 0.15) is 0 Å². The Hall–Kier alpha value is -2.48. The van der Waals surface area contributed by atoms with Crippen LogP contribution in [0.25, 0.3) is 5.82 Å². The summed E-state index contributed by atoms with van der Waals surface area (Å²) in [5.41, 5.74) is 2.04. The van der Waals surface area contributed by atoms with Crippen LogP contribution in [0.2, 0.25) is 0 Å². The van der Waals surface area contributed by atoms with Crippen molar-refractivity contribution < 1.29 is 4.92 Å². The number of nitrogens with two attached hydrogens (primary N) is 1. The molecule has 0 unspecified atom stereocenters. The molecule has 0 radical (unpaired) electrons. The molecule has 82 valence electrons. The number of nitrogens with zero attached hydrogens (tertiary/aromatic N) is 4. The second-order valence-corrected chi connectivity index (χ2v) is 2.88. The number of hydrogen-bond donors (Lipinski definition) is 2. The van der Waals surface area contributed by atoms with Gasteiger partial charge in [-0.1, -0.05) is 6.07 Å². The Morgan fingerprint density at radius 2 is 2.31 bits per heavy atom. The highest BCUT2D eigenvalue weighted by atomic mass is 16.6. The van der Waals surface area contributed by atoms with Gasteiger partial charge in [-0.05, 0) is 12.1 Å². The van der Waals surface area contributed by atoms with Crippen LogP contribution in [-0.2, 0) is 0 Å². The maximum absolute atomic E-state index is 10.7. The minimum atomic E-state index is -0.568. The molecular weight excluding hydrogens is 212 g/mol. The second-order valence-electron chi connectivity index (χ2n) is 2.88. The average molecular weight is 220 g/mol. The predicted octanol–water partition coefficient (Wildman–Crippen LogP) is 0.461. The fraction of sp³-hybridized carbons (Fsp3) is 0. The highest BCUT2D eigenvalue weighted by molar-refractivity contribution is 5.57. The molecule has 0 aliphatic heterocycles. The molecule has 2 rings (SSSR count). The monoisotopic (exact) mass is 220 g/mol. The van der Waals surface area contributed by atoms with Crippen molar-refractivity contribution in [1.29, 1.82) is 0 Å². The van der Waals surface area contributed by atoms with Gasteiger partial charge < -0.3 is 5.43 Å². The molecule has 16 heavy (non-hydrogen) atoms. The number of hydrazine groups is 1. The smallest absolute Gasteiger partial charge is 0.303 e. The van der Waals surface area contributed by atoms with Gasteiger partial charge in [0.05, 0.1) is 4.92 Å². The summed E-state index contributed by atoms with van der Waals surface area (Å²) in [6.45, 7) is 0. The number of nitrogens with one attached hydrogen (secondary N) is 1. The quantitative estimate of drug-likeness (QED) is 0.441. The van der Waals surface area contributed by atoms with E-state index in [4.69, 9.17) is 5.84 Å². The van der Waals surface area contributed by atoms with E-state index in [1.165, 1.54) is 4.68 Å². The number of aromatic nitrogens is 3. The van der Waals surface area contributed by atoms with Crippen molar-refractivity contribution in [2.24, 2.45) is 5.84 Å². The van der Waals surface area contributed by atoms with Gasteiger partial charge in [0, 0.05) is 6.20 Å². The Labute approximate surface area is 89.8 Å². The Kier molecular flexibility index (Phi) is 2.48. The molecule has 2 aromatic rings. The number of nitro groups is 1. The zero-order valence-electron chi connectivity index (χ0n) is 8.07. The van der Waals surface area contributed by atoms with E-state index in [0.29, 0.717) is 5.82 Å². The topological polar surface area (TPSA) is 112 Å². The van der Waals surface area contributed by atoms with Crippen molar-refractivity contribution in [2.45, 2.75) is 0 Å². The Bertz CT molecular complexity index is 509. The molecule has 2 heterocycles. The van der Waals surface area contributed by atoms with Gasteiger partial charge in [-0.2, -0.15) is 9.78 Å². The van der Waals surface area contributed by atoms with Gasteiger partial charge in [0.1, 0.15) is 6.20 Å². The molecular formula is C8H8N6O2. The molecule has 0 aliphatic rings. The first-order chi connectivity index (χ1) is 7.74. The summed E-state index contributed by atoms with van der Waals surface area (Å²) < 4.78 is 1.26. The van der Waals surface area contributed by atoms with E-state index in [1.807, 2.05) is 0 Å². The molecule has 8 heteroatoms. The van der Waals surface area contributed by atoms with E-state index in [0.717, 1.165) is 6.20 Å². The summed E-state index contributed by atoms with van der Waals surface area (Å²) in [6, 6.07) is 5.14. The van der Waals surface area contributed by atoms with Crippen molar-refractivity contribution in [3.8, 4) is 5.82 Å². The SMILES string of the molecule is NNc1c([N+](=O)[O-])cnn1-c1ccccn1. The summed E-state index contributed by atoms with van der Waals surface area (Å²) in [5, 5.41) is 14.5. The maximum Gasteiger partial charge on any atom is 0.332 e. The van der Waals surface area contributed by atoms with E-state index in [1.54, 1.807) is 24.4 Å². The van der Waals surface area contributed by atoms with Crippen LogP contribution in [0.5, 0.6) is 0 Å². The molecule has 0 saturated carbocycles. The first-order valence-electron chi connectivity index (χ1n) is 4.34. The molecule has 0 fully saturated rings. The zero-order chi connectivity index (χ0) is 11.5. The summed E-state index contributed by atoms with van der Waals surface area (Å²) in [6.07, 6.45) is 2.67. The third-order valence-corrected chi connectivity index (χ3v) is 1.95. The minimum Gasteiger partial charge on any atom is -0.303 e. The molecule has 0 spiro atoms. The molecule has 2 aromatic heterocycles. The van der Waals surface area contributed by atoms with Crippen molar-refractivity contribution in [3.05, 3.63) is 40.7 Å². The number of pyridine rings is 1. The van der Waals surface area contributed by atoms with E-state index in [-0.39, 0.29) is 11.5 Å². The van der Waals surface area contributed by atoms with Crippen molar-refractivity contribution in [1.82, 2.24) is 14.8 Å². The lowest BCUT2D eigenvalue weighted by molar-refractivity contribution is -0.384. The predicted molar refractivity (Wildman–Crippen MR) is 55.8 cm³/mol. The molecule has 0 aliphatic carbocycles. The second kappa shape index (κ2) is 3.95. The van der Waals surface area contributed by atoms with Gasteiger partial charge >= 0.3 is 5.69 Å². The lowest BCUT2D eigenvalue weighted by atomic mass is 10.4. The van der Waals surface area contributed by atoms with Gasteiger partial charge in [0.15, 0.2) is 5.82 Å². The highest BCUT2D eigenvalue weighted by Gasteiger charge is 2.20. The largest absolute Gasteiger partial charge is 0.332 e. The lowest BCUT2D eigenvalue weighted by Gasteiger charge is -2.03. The standard InChI is InChI=1S/C8H8N6O2/c9-12-8-6(14(15)16)5-11-13(8)7-3-1-2-4-10-7/h1-5,12H,9H2. The first-order valence-corrected chi connectivity index (χ1v) is 4.34. The van der Waals surface area contributed by atoms with Crippen LogP contribution in [-0.4, -0.2) is 19.7 Å². The summed E-state index contributed by atoms with van der Waals surface area (Å²) in [5.74, 6) is 5.76. The number of nitrogen functional groups attached to an aromatic ring is 1.